The molecule has 4 nitrogen and oxygen atoms in total. The van der Waals surface area contributed by atoms with Crippen LogP contribution in [0.2, 0.25) is 0 Å². The lowest BCUT2D eigenvalue weighted by atomic mass is 10.3. The zero-order valence-corrected chi connectivity index (χ0v) is 14.8. The Bertz CT molecular complexity index is 633. The molecule has 2 aliphatic rings. The molecule has 0 aliphatic carbocycles. The zero-order chi connectivity index (χ0) is 16.3. The Morgan fingerprint density at radius 2 is 1.96 bits per heavy atom. The van der Waals surface area contributed by atoms with E-state index in [2.05, 4.69) is 4.90 Å². The second-order valence-electron chi connectivity index (χ2n) is 6.16. The van der Waals surface area contributed by atoms with Crippen LogP contribution in [0.4, 0.5) is 4.39 Å². The van der Waals surface area contributed by atoms with E-state index < -0.39 is 15.8 Å². The molecule has 0 N–H and O–H groups in total. The summed E-state index contributed by atoms with van der Waals surface area (Å²) < 4.78 is 41.1. The van der Waals surface area contributed by atoms with E-state index in [1.807, 2.05) is 11.8 Å². The van der Waals surface area contributed by atoms with Gasteiger partial charge in [-0.2, -0.15) is 16.1 Å². The van der Waals surface area contributed by atoms with Crippen LogP contribution in [-0.2, 0) is 10.0 Å². The summed E-state index contributed by atoms with van der Waals surface area (Å²) in [5, 5.41) is 0. The molecule has 2 fully saturated rings. The Morgan fingerprint density at radius 1 is 1.17 bits per heavy atom. The Hall–Kier alpha value is -0.630. The lowest BCUT2D eigenvalue weighted by Crippen LogP contribution is -2.47. The molecule has 2 saturated heterocycles. The van der Waals surface area contributed by atoms with Crippen LogP contribution in [0.15, 0.2) is 29.2 Å². The van der Waals surface area contributed by atoms with Gasteiger partial charge < -0.3 is 4.90 Å². The van der Waals surface area contributed by atoms with Crippen molar-refractivity contribution in [2.75, 3.05) is 37.7 Å². The van der Waals surface area contributed by atoms with E-state index in [1.54, 1.807) is 4.31 Å². The van der Waals surface area contributed by atoms with Crippen LogP contribution >= 0.6 is 11.8 Å². The van der Waals surface area contributed by atoms with Crippen LogP contribution in [0.5, 0.6) is 0 Å². The minimum absolute atomic E-state index is 0.0335. The summed E-state index contributed by atoms with van der Waals surface area (Å²) in [6, 6.07) is 5.32. The molecule has 128 valence electrons. The second kappa shape index (κ2) is 7.51. The summed E-state index contributed by atoms with van der Waals surface area (Å²) in [7, 11) is -3.65. The van der Waals surface area contributed by atoms with Gasteiger partial charge in [-0.1, -0.05) is 6.07 Å². The molecule has 0 aromatic heterocycles. The molecule has 1 aromatic carbocycles. The normalized spacial score (nSPS) is 24.7. The summed E-state index contributed by atoms with van der Waals surface area (Å²) >= 11 is 1.82. The number of thioether (sulfide) groups is 1. The highest BCUT2D eigenvalue weighted by molar-refractivity contribution is 7.99. The lowest BCUT2D eigenvalue weighted by molar-refractivity contribution is 0.243. The molecular weight excluding hydrogens is 335 g/mol. The number of hydrogen-bond acceptors (Lipinski definition) is 4. The highest BCUT2D eigenvalue weighted by Gasteiger charge is 2.34. The maximum atomic E-state index is 13.5. The summed E-state index contributed by atoms with van der Waals surface area (Å²) in [5.74, 6) is 1.28. The fourth-order valence-electron chi connectivity index (χ4n) is 3.29. The largest absolute Gasteiger partial charge is 0.302 e. The van der Waals surface area contributed by atoms with Crippen LogP contribution < -0.4 is 0 Å². The standard InChI is InChI=1S/C16H23FN2O2S2/c17-14-5-3-6-16(11-14)23(20,21)19-9-4-10-22-13-15(19)12-18-7-1-2-8-18/h3,5-6,11,15H,1-2,4,7-10,12-13H2. The Labute approximate surface area is 142 Å². The Kier molecular flexibility index (Phi) is 5.61. The first-order chi connectivity index (χ1) is 11.1. The number of rotatable bonds is 4. The van der Waals surface area contributed by atoms with Gasteiger partial charge in [-0.15, -0.1) is 0 Å². The smallest absolute Gasteiger partial charge is 0.243 e. The highest BCUT2D eigenvalue weighted by Crippen LogP contribution is 2.26. The van der Waals surface area contributed by atoms with Crippen molar-refractivity contribution >= 4 is 21.8 Å². The van der Waals surface area contributed by atoms with Crippen LogP contribution in [0.25, 0.3) is 0 Å². The summed E-state index contributed by atoms with van der Waals surface area (Å²) in [5.41, 5.74) is 0. The maximum Gasteiger partial charge on any atom is 0.243 e. The fraction of sp³-hybridized carbons (Fsp3) is 0.625. The van der Waals surface area contributed by atoms with E-state index in [1.165, 1.54) is 31.0 Å². The van der Waals surface area contributed by atoms with Crippen molar-refractivity contribution in [3.8, 4) is 0 Å². The molecule has 0 radical (unpaired) electrons. The van der Waals surface area contributed by atoms with Gasteiger partial charge in [0.05, 0.1) is 4.90 Å². The molecule has 0 spiro atoms. The summed E-state index contributed by atoms with van der Waals surface area (Å²) in [4.78, 5) is 2.42. The fourth-order valence-corrected chi connectivity index (χ4v) is 6.13. The van der Waals surface area contributed by atoms with Gasteiger partial charge in [-0.3, -0.25) is 0 Å². The predicted octanol–water partition coefficient (Wildman–Crippen LogP) is 2.42. The van der Waals surface area contributed by atoms with Gasteiger partial charge >= 0.3 is 0 Å². The number of nitrogens with zero attached hydrogens (tertiary/aromatic N) is 2. The third-order valence-corrected chi connectivity index (χ3v) is 7.60. The first-order valence-electron chi connectivity index (χ1n) is 8.15. The monoisotopic (exact) mass is 358 g/mol. The number of sulfonamides is 1. The van der Waals surface area contributed by atoms with Gasteiger partial charge in [0.1, 0.15) is 5.82 Å². The van der Waals surface area contributed by atoms with Crippen molar-refractivity contribution in [3.05, 3.63) is 30.1 Å². The molecule has 1 aromatic rings. The van der Waals surface area contributed by atoms with Crippen molar-refractivity contribution in [2.24, 2.45) is 0 Å². The van der Waals surface area contributed by atoms with Crippen LogP contribution in [0.1, 0.15) is 19.3 Å². The SMILES string of the molecule is O=S(=O)(c1cccc(F)c1)N1CCCSCC1CN1CCCC1. The van der Waals surface area contributed by atoms with Crippen molar-refractivity contribution in [1.82, 2.24) is 9.21 Å². The minimum atomic E-state index is -3.65. The molecule has 0 bridgehead atoms. The molecule has 7 heteroatoms. The first-order valence-corrected chi connectivity index (χ1v) is 10.7. The predicted molar refractivity (Wildman–Crippen MR) is 91.7 cm³/mol. The molecular formula is C16H23FN2O2S2. The lowest BCUT2D eigenvalue weighted by Gasteiger charge is -2.31. The van der Waals surface area contributed by atoms with Gasteiger partial charge in [0.25, 0.3) is 0 Å². The third kappa shape index (κ3) is 4.07. The molecule has 1 unspecified atom stereocenters. The maximum absolute atomic E-state index is 13.5. The van der Waals surface area contributed by atoms with Gasteiger partial charge in [0.2, 0.25) is 10.0 Å². The van der Waals surface area contributed by atoms with E-state index in [9.17, 15) is 12.8 Å². The molecule has 0 saturated carbocycles. The quantitative estimate of drug-likeness (QED) is 0.829. The van der Waals surface area contributed by atoms with Crippen molar-refractivity contribution < 1.29 is 12.8 Å². The Morgan fingerprint density at radius 3 is 2.70 bits per heavy atom. The van der Waals surface area contributed by atoms with E-state index >= 15 is 0 Å². The first kappa shape index (κ1) is 17.2. The minimum Gasteiger partial charge on any atom is -0.302 e. The average Bonchev–Trinajstić information content (AvgIpc) is 2.91. The molecule has 1 atom stereocenters. The number of halogens is 1. The van der Waals surface area contributed by atoms with Crippen molar-refractivity contribution in [1.29, 1.82) is 0 Å². The zero-order valence-electron chi connectivity index (χ0n) is 13.2. The van der Waals surface area contributed by atoms with E-state index in [0.717, 1.165) is 43.6 Å². The van der Waals surface area contributed by atoms with Crippen LogP contribution in [0, 0.1) is 5.82 Å². The highest BCUT2D eigenvalue weighted by atomic mass is 32.2. The average molecular weight is 359 g/mol. The van der Waals surface area contributed by atoms with E-state index in [4.69, 9.17) is 0 Å². The summed E-state index contributed by atoms with van der Waals surface area (Å²) in [6.07, 6.45) is 3.22. The number of benzene rings is 1. The van der Waals surface area contributed by atoms with E-state index in [-0.39, 0.29) is 10.9 Å². The van der Waals surface area contributed by atoms with Gasteiger partial charge in [0.15, 0.2) is 0 Å². The van der Waals surface area contributed by atoms with Crippen LogP contribution in [-0.4, -0.2) is 61.3 Å². The molecule has 2 aliphatic heterocycles. The molecule has 2 heterocycles. The third-order valence-electron chi connectivity index (χ3n) is 4.45. The van der Waals surface area contributed by atoms with Crippen molar-refractivity contribution in [3.63, 3.8) is 0 Å². The van der Waals surface area contributed by atoms with Gasteiger partial charge in [0, 0.05) is 24.9 Å². The van der Waals surface area contributed by atoms with Crippen LogP contribution in [0.3, 0.4) is 0 Å². The molecule has 3 rings (SSSR count). The number of hydrogen-bond donors (Lipinski definition) is 0. The van der Waals surface area contributed by atoms with E-state index in [0.29, 0.717) is 6.54 Å². The topological polar surface area (TPSA) is 40.6 Å². The van der Waals surface area contributed by atoms with Crippen molar-refractivity contribution in [2.45, 2.75) is 30.2 Å². The number of likely N-dealkylation sites (tertiary alicyclic amines) is 1. The van der Waals surface area contributed by atoms with Gasteiger partial charge in [-0.25, -0.2) is 12.8 Å². The van der Waals surface area contributed by atoms with Gasteiger partial charge in [-0.05, 0) is 56.3 Å². The molecule has 0 amide bonds. The Balaban J connectivity index is 1.85. The second-order valence-corrected chi connectivity index (χ2v) is 9.20. The molecule has 23 heavy (non-hydrogen) atoms. The summed E-state index contributed by atoms with van der Waals surface area (Å²) in [6.45, 7) is 3.40.